The fourth-order valence-corrected chi connectivity index (χ4v) is 1.81. The van der Waals surface area contributed by atoms with Gasteiger partial charge in [0.15, 0.2) is 0 Å². The predicted octanol–water partition coefficient (Wildman–Crippen LogP) is 1.42. The lowest BCUT2D eigenvalue weighted by molar-refractivity contribution is 0.200. The lowest BCUT2D eigenvalue weighted by atomic mass is 10.1. The summed E-state index contributed by atoms with van der Waals surface area (Å²) < 4.78 is 0. The molecule has 1 aliphatic heterocycles. The van der Waals surface area contributed by atoms with Crippen molar-refractivity contribution in [2.24, 2.45) is 5.73 Å². The quantitative estimate of drug-likeness (QED) is 0.713. The van der Waals surface area contributed by atoms with Gasteiger partial charge in [-0.15, -0.1) is 24.8 Å². The summed E-state index contributed by atoms with van der Waals surface area (Å²) in [6, 6.07) is 1.39. The zero-order valence-electron chi connectivity index (χ0n) is 7.24. The second kappa shape index (κ2) is 5.28. The highest BCUT2D eigenvalue weighted by Crippen LogP contribution is 2.28. The summed E-state index contributed by atoms with van der Waals surface area (Å²) in [5.41, 5.74) is 5.85. The molecule has 12 heavy (non-hydrogen) atoms. The number of rotatable bonds is 1. The summed E-state index contributed by atoms with van der Waals surface area (Å²) in [6.45, 7) is 2.46. The molecule has 1 atom stereocenters. The normalized spacial score (nSPS) is 30.2. The third kappa shape index (κ3) is 3.09. The first-order valence-electron chi connectivity index (χ1n) is 4.36. The highest BCUT2D eigenvalue weighted by Gasteiger charge is 2.31. The Morgan fingerprint density at radius 1 is 1.08 bits per heavy atom. The molecule has 0 aromatic heterocycles. The molecule has 0 aromatic carbocycles. The summed E-state index contributed by atoms with van der Waals surface area (Å²) in [5.74, 6) is 0. The van der Waals surface area contributed by atoms with Crippen LogP contribution in [0.1, 0.15) is 25.7 Å². The molecular weight excluding hydrogens is 195 g/mol. The Kier molecular flexibility index (Phi) is 5.50. The van der Waals surface area contributed by atoms with E-state index in [-0.39, 0.29) is 24.8 Å². The Labute approximate surface area is 86.7 Å². The topological polar surface area (TPSA) is 29.3 Å². The molecule has 2 nitrogen and oxygen atoms in total. The van der Waals surface area contributed by atoms with Crippen LogP contribution in [-0.4, -0.2) is 30.1 Å². The van der Waals surface area contributed by atoms with Gasteiger partial charge >= 0.3 is 0 Å². The van der Waals surface area contributed by atoms with Gasteiger partial charge in [0.05, 0.1) is 0 Å². The third-order valence-corrected chi connectivity index (χ3v) is 2.55. The van der Waals surface area contributed by atoms with Crippen LogP contribution in [0, 0.1) is 0 Å². The number of nitrogens with two attached hydrogens (primary N) is 1. The van der Waals surface area contributed by atoms with E-state index < -0.39 is 0 Å². The lowest BCUT2D eigenvalue weighted by Gasteiger charge is -2.30. The van der Waals surface area contributed by atoms with Crippen molar-refractivity contribution in [1.82, 2.24) is 4.90 Å². The van der Waals surface area contributed by atoms with E-state index in [9.17, 15) is 0 Å². The van der Waals surface area contributed by atoms with Gasteiger partial charge in [-0.2, -0.15) is 0 Å². The minimum Gasteiger partial charge on any atom is -0.327 e. The molecule has 0 bridgehead atoms. The molecule has 2 rings (SSSR count). The van der Waals surface area contributed by atoms with Crippen LogP contribution in [0.3, 0.4) is 0 Å². The average Bonchev–Trinajstić information content (AvgIpc) is 2.68. The Hall–Kier alpha value is 0.500. The van der Waals surface area contributed by atoms with E-state index in [4.69, 9.17) is 5.73 Å². The van der Waals surface area contributed by atoms with Crippen molar-refractivity contribution in [2.75, 3.05) is 13.1 Å². The van der Waals surface area contributed by atoms with Gasteiger partial charge in [-0.3, -0.25) is 4.90 Å². The molecule has 4 heteroatoms. The molecule has 0 unspecified atom stereocenters. The zero-order chi connectivity index (χ0) is 6.97. The summed E-state index contributed by atoms with van der Waals surface area (Å²) in [6.07, 6.45) is 5.40. The summed E-state index contributed by atoms with van der Waals surface area (Å²) in [7, 11) is 0. The molecule has 2 N–H and O–H groups in total. The predicted molar refractivity (Wildman–Crippen MR) is 56.3 cm³/mol. The smallest absolute Gasteiger partial charge is 0.0168 e. The van der Waals surface area contributed by atoms with Crippen molar-refractivity contribution >= 4 is 24.8 Å². The van der Waals surface area contributed by atoms with Crippen molar-refractivity contribution < 1.29 is 0 Å². The zero-order valence-corrected chi connectivity index (χ0v) is 8.87. The van der Waals surface area contributed by atoms with Crippen LogP contribution in [0.4, 0.5) is 0 Å². The van der Waals surface area contributed by atoms with E-state index in [1.807, 2.05) is 0 Å². The number of hydrogen-bond donors (Lipinski definition) is 1. The number of likely N-dealkylation sites (tertiary alicyclic amines) is 1. The average molecular weight is 213 g/mol. The molecule has 0 aromatic rings. The van der Waals surface area contributed by atoms with Gasteiger partial charge in [-0.05, 0) is 32.2 Å². The minimum atomic E-state index is 0. The second-order valence-corrected chi connectivity index (χ2v) is 3.63. The number of piperidine rings is 1. The van der Waals surface area contributed by atoms with Crippen LogP contribution in [0.2, 0.25) is 0 Å². The maximum Gasteiger partial charge on any atom is 0.0168 e. The van der Waals surface area contributed by atoms with Crippen molar-refractivity contribution in [3.05, 3.63) is 0 Å². The van der Waals surface area contributed by atoms with Gasteiger partial charge in [-0.25, -0.2) is 0 Å². The standard InChI is InChI=1S/C8H16N2.2ClH/c9-7-2-1-5-10(6-7)8-3-4-8;;/h7-8H,1-6,9H2;2*1H/t7-;;/m1../s1. The first kappa shape index (κ1) is 12.5. The molecule has 0 amide bonds. The number of nitrogens with zero attached hydrogens (tertiary/aromatic N) is 1. The molecule has 0 spiro atoms. The minimum absolute atomic E-state index is 0. The van der Waals surface area contributed by atoms with Crippen molar-refractivity contribution in [2.45, 2.75) is 37.8 Å². The maximum atomic E-state index is 5.85. The van der Waals surface area contributed by atoms with Crippen molar-refractivity contribution in [3.8, 4) is 0 Å². The van der Waals surface area contributed by atoms with Gasteiger partial charge < -0.3 is 5.73 Å². The third-order valence-electron chi connectivity index (χ3n) is 2.55. The van der Waals surface area contributed by atoms with Crippen LogP contribution in [0.15, 0.2) is 0 Å². The van der Waals surface area contributed by atoms with Gasteiger partial charge in [0.2, 0.25) is 0 Å². The van der Waals surface area contributed by atoms with E-state index in [2.05, 4.69) is 4.90 Å². The van der Waals surface area contributed by atoms with Crippen LogP contribution < -0.4 is 5.73 Å². The lowest BCUT2D eigenvalue weighted by Crippen LogP contribution is -2.43. The number of halogens is 2. The largest absolute Gasteiger partial charge is 0.327 e. The molecule has 1 saturated carbocycles. The fraction of sp³-hybridized carbons (Fsp3) is 1.00. The van der Waals surface area contributed by atoms with Gasteiger partial charge in [-0.1, -0.05) is 0 Å². The summed E-state index contributed by atoms with van der Waals surface area (Å²) in [5, 5.41) is 0. The number of hydrogen-bond acceptors (Lipinski definition) is 2. The highest BCUT2D eigenvalue weighted by atomic mass is 35.5. The molecule has 1 heterocycles. The van der Waals surface area contributed by atoms with Gasteiger partial charge in [0.1, 0.15) is 0 Å². The van der Waals surface area contributed by atoms with Gasteiger partial charge in [0, 0.05) is 18.6 Å². The summed E-state index contributed by atoms with van der Waals surface area (Å²) >= 11 is 0. The molecule has 2 aliphatic rings. The molecular formula is C8H18Cl2N2. The Bertz CT molecular complexity index is 128. The fourth-order valence-electron chi connectivity index (χ4n) is 1.81. The van der Waals surface area contributed by atoms with E-state index in [1.165, 1.54) is 32.2 Å². The molecule has 1 saturated heterocycles. The Morgan fingerprint density at radius 2 is 1.75 bits per heavy atom. The highest BCUT2D eigenvalue weighted by molar-refractivity contribution is 5.85. The van der Waals surface area contributed by atoms with Gasteiger partial charge in [0.25, 0.3) is 0 Å². The first-order chi connectivity index (χ1) is 4.86. The van der Waals surface area contributed by atoms with E-state index in [1.54, 1.807) is 0 Å². The molecule has 2 fully saturated rings. The van der Waals surface area contributed by atoms with Crippen LogP contribution >= 0.6 is 24.8 Å². The first-order valence-corrected chi connectivity index (χ1v) is 4.36. The van der Waals surface area contributed by atoms with Crippen molar-refractivity contribution in [3.63, 3.8) is 0 Å². The maximum absolute atomic E-state index is 5.85. The molecule has 1 aliphatic carbocycles. The van der Waals surface area contributed by atoms with E-state index in [0.717, 1.165) is 12.6 Å². The second-order valence-electron chi connectivity index (χ2n) is 3.63. The SMILES string of the molecule is Cl.Cl.N[C@@H]1CCCN(C2CC2)C1. The molecule has 0 radical (unpaired) electrons. The van der Waals surface area contributed by atoms with Crippen LogP contribution in [0.25, 0.3) is 0 Å². The summed E-state index contributed by atoms with van der Waals surface area (Å²) in [4.78, 5) is 2.56. The molecule has 74 valence electrons. The Balaban J connectivity index is 0.000000605. The Morgan fingerprint density at radius 3 is 2.25 bits per heavy atom. The van der Waals surface area contributed by atoms with Crippen LogP contribution in [0.5, 0.6) is 0 Å². The van der Waals surface area contributed by atoms with E-state index in [0.29, 0.717) is 6.04 Å². The van der Waals surface area contributed by atoms with Crippen LogP contribution in [-0.2, 0) is 0 Å². The monoisotopic (exact) mass is 212 g/mol. The van der Waals surface area contributed by atoms with Crippen molar-refractivity contribution in [1.29, 1.82) is 0 Å². The van der Waals surface area contributed by atoms with E-state index >= 15 is 0 Å².